The molecule has 2 aromatic rings. The van der Waals surface area contributed by atoms with Crippen molar-refractivity contribution in [3.63, 3.8) is 0 Å². The molecule has 0 radical (unpaired) electrons. The average Bonchev–Trinajstić information content (AvgIpc) is 2.70. The van der Waals surface area contributed by atoms with Gasteiger partial charge in [-0.1, -0.05) is 18.2 Å². The topological polar surface area (TPSA) is 146 Å². The molecule has 9 heteroatoms. The van der Waals surface area contributed by atoms with Gasteiger partial charge in [0.05, 0.1) is 18.4 Å². The van der Waals surface area contributed by atoms with Gasteiger partial charge in [-0.2, -0.15) is 5.26 Å². The number of methoxy groups -OCH3 is 1. The number of ether oxygens (including phenoxy) is 2. The maximum absolute atomic E-state index is 12.4. The molecule has 0 bridgehead atoms. The molecule has 0 heterocycles. The van der Waals surface area contributed by atoms with E-state index in [4.69, 9.17) is 14.6 Å². The van der Waals surface area contributed by atoms with Gasteiger partial charge in [-0.05, 0) is 35.9 Å². The number of carbonyl (C=O) groups excluding carboxylic acids is 1. The van der Waals surface area contributed by atoms with Gasteiger partial charge in [0.2, 0.25) is 0 Å². The lowest BCUT2D eigenvalue weighted by atomic mass is 10.1. The van der Waals surface area contributed by atoms with Gasteiger partial charge >= 0.3 is 11.9 Å². The van der Waals surface area contributed by atoms with Gasteiger partial charge in [-0.25, -0.2) is 9.59 Å². The highest BCUT2D eigenvalue weighted by atomic mass is 16.5. The third-order valence-electron chi connectivity index (χ3n) is 3.62. The number of amides is 1. The van der Waals surface area contributed by atoms with Gasteiger partial charge in [0.15, 0.2) is 18.1 Å². The summed E-state index contributed by atoms with van der Waals surface area (Å²) >= 11 is 0. The predicted molar refractivity (Wildman–Crippen MR) is 102 cm³/mol. The molecule has 1 amide bonds. The number of nitrogens with zero attached hydrogens (tertiary/aromatic N) is 1. The van der Waals surface area contributed by atoms with E-state index in [1.165, 1.54) is 49.6 Å². The molecule has 3 N–H and O–H groups in total. The van der Waals surface area contributed by atoms with Crippen LogP contribution in [-0.4, -0.2) is 41.8 Å². The van der Waals surface area contributed by atoms with Crippen molar-refractivity contribution in [2.45, 2.75) is 0 Å². The monoisotopic (exact) mass is 396 g/mol. The van der Waals surface area contributed by atoms with Crippen LogP contribution in [0.25, 0.3) is 6.08 Å². The third-order valence-corrected chi connectivity index (χ3v) is 3.62. The predicted octanol–water partition coefficient (Wildman–Crippen LogP) is 2.40. The Morgan fingerprint density at radius 2 is 1.86 bits per heavy atom. The minimum absolute atomic E-state index is 0.0566. The largest absolute Gasteiger partial charge is 0.493 e. The Kier molecular flexibility index (Phi) is 6.92. The molecule has 0 spiro atoms. The number of hydrogen-bond acceptors (Lipinski definition) is 6. The molecule has 29 heavy (non-hydrogen) atoms. The molecule has 0 aromatic heterocycles. The maximum atomic E-state index is 12.4. The van der Waals surface area contributed by atoms with E-state index in [0.29, 0.717) is 5.56 Å². The summed E-state index contributed by atoms with van der Waals surface area (Å²) in [7, 11) is 1.36. The fourth-order valence-corrected chi connectivity index (χ4v) is 2.32. The lowest BCUT2D eigenvalue weighted by molar-refractivity contribution is -0.139. The summed E-state index contributed by atoms with van der Waals surface area (Å²) in [6.45, 7) is -0.555. The Balaban J connectivity index is 2.27. The third kappa shape index (κ3) is 5.58. The van der Waals surface area contributed by atoms with Crippen molar-refractivity contribution in [2.75, 3.05) is 19.0 Å². The van der Waals surface area contributed by atoms with Crippen LogP contribution >= 0.6 is 0 Å². The fourth-order valence-electron chi connectivity index (χ4n) is 2.32. The number of aromatic carboxylic acids is 1. The van der Waals surface area contributed by atoms with Gasteiger partial charge in [0, 0.05) is 0 Å². The van der Waals surface area contributed by atoms with Crippen molar-refractivity contribution in [1.29, 1.82) is 5.26 Å². The minimum Gasteiger partial charge on any atom is -0.493 e. The van der Waals surface area contributed by atoms with Gasteiger partial charge < -0.3 is 25.0 Å². The van der Waals surface area contributed by atoms with E-state index in [-0.39, 0.29) is 28.3 Å². The van der Waals surface area contributed by atoms with E-state index in [2.05, 4.69) is 5.32 Å². The molecule has 0 saturated carbocycles. The van der Waals surface area contributed by atoms with Crippen LogP contribution in [0.1, 0.15) is 15.9 Å². The molecule has 0 aliphatic carbocycles. The van der Waals surface area contributed by atoms with Gasteiger partial charge in [0.1, 0.15) is 11.6 Å². The first kappa shape index (κ1) is 21.0. The summed E-state index contributed by atoms with van der Waals surface area (Å²) in [6, 6.07) is 12.0. The van der Waals surface area contributed by atoms with E-state index < -0.39 is 24.5 Å². The van der Waals surface area contributed by atoms with Crippen molar-refractivity contribution in [2.24, 2.45) is 0 Å². The standard InChI is InChI=1S/C20H16N2O7/c1-28-17-9-12(6-7-16(17)29-11-18(23)24)8-13(10-21)19(25)22-15-5-3-2-4-14(15)20(26)27/h2-9H,11H2,1H3,(H,22,25)(H,23,24)(H,26,27)/b13-8+. The summed E-state index contributed by atoms with van der Waals surface area (Å²) in [5, 5.41) is 29.6. The molecule has 2 rings (SSSR count). The van der Waals surface area contributed by atoms with Gasteiger partial charge in [0.25, 0.3) is 5.91 Å². The summed E-state index contributed by atoms with van der Waals surface area (Å²) in [5.41, 5.74) is 0.0927. The number of hydrogen-bond donors (Lipinski definition) is 3. The molecular formula is C20H16N2O7. The van der Waals surface area contributed by atoms with Crippen LogP contribution in [0, 0.1) is 11.3 Å². The Morgan fingerprint density at radius 1 is 1.14 bits per heavy atom. The first-order chi connectivity index (χ1) is 13.8. The number of anilines is 1. The average molecular weight is 396 g/mol. The highest BCUT2D eigenvalue weighted by molar-refractivity contribution is 6.11. The number of carboxylic acids is 2. The molecule has 0 saturated heterocycles. The van der Waals surface area contributed by atoms with Crippen molar-refractivity contribution in [1.82, 2.24) is 0 Å². The highest BCUT2D eigenvalue weighted by Gasteiger charge is 2.15. The number of benzene rings is 2. The van der Waals surface area contributed by atoms with Gasteiger partial charge in [-0.15, -0.1) is 0 Å². The van der Waals surface area contributed by atoms with E-state index >= 15 is 0 Å². The number of para-hydroxylation sites is 1. The van der Waals surface area contributed by atoms with Crippen LogP contribution in [0.2, 0.25) is 0 Å². The normalized spacial score (nSPS) is 10.6. The number of carboxylic acid groups (broad SMARTS) is 2. The van der Waals surface area contributed by atoms with E-state index in [9.17, 15) is 24.8 Å². The van der Waals surface area contributed by atoms with Crippen LogP contribution < -0.4 is 14.8 Å². The van der Waals surface area contributed by atoms with Crippen molar-refractivity contribution < 1.29 is 34.1 Å². The number of nitrogens with one attached hydrogen (secondary N) is 1. The SMILES string of the molecule is COc1cc(/C=C(\C#N)C(=O)Nc2ccccc2C(=O)O)ccc1OCC(=O)O. The second kappa shape index (κ2) is 9.57. The van der Waals surface area contributed by atoms with Crippen molar-refractivity contribution in [3.05, 3.63) is 59.2 Å². The fraction of sp³-hybridized carbons (Fsp3) is 0.100. The van der Waals surface area contributed by atoms with E-state index in [1.807, 2.05) is 0 Å². The van der Waals surface area contributed by atoms with Gasteiger partial charge in [-0.3, -0.25) is 4.79 Å². The Labute approximate surface area is 165 Å². The molecule has 0 unspecified atom stereocenters. The summed E-state index contributed by atoms with van der Waals surface area (Å²) in [5.74, 6) is -2.75. The molecule has 9 nitrogen and oxygen atoms in total. The van der Waals surface area contributed by atoms with Crippen molar-refractivity contribution in [3.8, 4) is 17.6 Å². The molecule has 0 fully saturated rings. The van der Waals surface area contributed by atoms with Crippen LogP contribution in [0.5, 0.6) is 11.5 Å². The zero-order valence-electron chi connectivity index (χ0n) is 15.2. The zero-order chi connectivity index (χ0) is 21.4. The first-order valence-electron chi connectivity index (χ1n) is 8.13. The molecule has 0 aliphatic rings. The molecule has 2 aromatic carbocycles. The van der Waals surface area contributed by atoms with Crippen molar-refractivity contribution >= 4 is 29.6 Å². The maximum Gasteiger partial charge on any atom is 0.341 e. The first-order valence-corrected chi connectivity index (χ1v) is 8.13. The van der Waals surface area contributed by atoms with Crippen LogP contribution in [0.3, 0.4) is 0 Å². The number of carbonyl (C=O) groups is 3. The summed E-state index contributed by atoms with van der Waals surface area (Å²) in [6.07, 6.45) is 1.28. The second-order valence-electron chi connectivity index (χ2n) is 5.57. The lowest BCUT2D eigenvalue weighted by Crippen LogP contribution is -2.16. The minimum atomic E-state index is -1.22. The quantitative estimate of drug-likeness (QED) is 0.455. The molecule has 0 aliphatic heterocycles. The lowest BCUT2D eigenvalue weighted by Gasteiger charge is -2.10. The summed E-state index contributed by atoms with van der Waals surface area (Å²) < 4.78 is 10.2. The zero-order valence-corrected chi connectivity index (χ0v) is 15.2. The number of aliphatic carboxylic acids is 1. The van der Waals surface area contributed by atoms with Crippen LogP contribution in [-0.2, 0) is 9.59 Å². The Hall–Kier alpha value is -4.32. The molecule has 148 valence electrons. The summed E-state index contributed by atoms with van der Waals surface area (Å²) in [4.78, 5) is 34.3. The van der Waals surface area contributed by atoms with E-state index in [0.717, 1.165) is 0 Å². The highest BCUT2D eigenvalue weighted by Crippen LogP contribution is 2.29. The number of rotatable bonds is 8. The second-order valence-corrected chi connectivity index (χ2v) is 5.57. The van der Waals surface area contributed by atoms with Crippen LogP contribution in [0.4, 0.5) is 5.69 Å². The smallest absolute Gasteiger partial charge is 0.341 e. The van der Waals surface area contributed by atoms with Crippen LogP contribution in [0.15, 0.2) is 48.0 Å². The molecule has 0 atom stereocenters. The van der Waals surface area contributed by atoms with E-state index in [1.54, 1.807) is 12.1 Å². The molecular weight excluding hydrogens is 380 g/mol. The Bertz CT molecular complexity index is 1020. The Morgan fingerprint density at radius 3 is 2.48 bits per heavy atom. The number of nitriles is 1.